The summed E-state index contributed by atoms with van der Waals surface area (Å²) in [6.45, 7) is 6.60. The minimum Gasteiger partial charge on any atom is -0.352 e. The number of carbonyl (C=O) groups is 1. The van der Waals surface area contributed by atoms with Crippen molar-refractivity contribution in [2.45, 2.75) is 12.8 Å². The van der Waals surface area contributed by atoms with E-state index in [-0.39, 0.29) is 5.91 Å². The fourth-order valence-corrected chi connectivity index (χ4v) is 2.39. The molecule has 0 aromatic carbocycles. The van der Waals surface area contributed by atoms with Crippen molar-refractivity contribution in [2.24, 2.45) is 11.3 Å². The summed E-state index contributed by atoms with van der Waals surface area (Å²) in [6.07, 6.45) is 3.88. The first-order valence-corrected chi connectivity index (χ1v) is 4.85. The van der Waals surface area contributed by atoms with E-state index in [0.29, 0.717) is 11.3 Å². The summed E-state index contributed by atoms with van der Waals surface area (Å²) in [5, 5.41) is 6.14. The van der Waals surface area contributed by atoms with Crippen LogP contribution in [0.25, 0.3) is 0 Å². The predicted molar refractivity (Wildman–Crippen MR) is 51.2 cm³/mol. The van der Waals surface area contributed by atoms with Gasteiger partial charge in [-0.1, -0.05) is 6.58 Å². The Morgan fingerprint density at radius 1 is 1.62 bits per heavy atom. The van der Waals surface area contributed by atoms with Crippen LogP contribution in [-0.2, 0) is 4.79 Å². The molecule has 1 heterocycles. The van der Waals surface area contributed by atoms with Crippen LogP contribution in [0.3, 0.4) is 0 Å². The topological polar surface area (TPSA) is 41.1 Å². The largest absolute Gasteiger partial charge is 0.352 e. The summed E-state index contributed by atoms with van der Waals surface area (Å²) < 4.78 is 0. The number of amides is 1. The maximum atomic E-state index is 10.9. The van der Waals surface area contributed by atoms with Crippen LogP contribution < -0.4 is 10.6 Å². The van der Waals surface area contributed by atoms with Gasteiger partial charge in [0, 0.05) is 19.6 Å². The second kappa shape index (κ2) is 3.14. The number of hydrogen-bond donors (Lipinski definition) is 2. The van der Waals surface area contributed by atoms with Gasteiger partial charge in [0.05, 0.1) is 0 Å². The van der Waals surface area contributed by atoms with Gasteiger partial charge in [-0.25, -0.2) is 0 Å². The van der Waals surface area contributed by atoms with E-state index in [0.717, 1.165) is 6.54 Å². The fourth-order valence-electron chi connectivity index (χ4n) is 2.39. The SMILES string of the molecule is C=CC(=O)NCC1CC2(CNC2)C1. The van der Waals surface area contributed by atoms with E-state index in [4.69, 9.17) is 0 Å². The normalized spacial score (nSPS) is 24.6. The molecule has 1 saturated heterocycles. The van der Waals surface area contributed by atoms with Crippen molar-refractivity contribution >= 4 is 5.91 Å². The Bertz CT molecular complexity index is 225. The van der Waals surface area contributed by atoms with Gasteiger partial charge < -0.3 is 10.6 Å². The molecule has 1 spiro atoms. The molecule has 2 aliphatic rings. The molecule has 0 atom stereocenters. The summed E-state index contributed by atoms with van der Waals surface area (Å²) >= 11 is 0. The highest BCUT2D eigenvalue weighted by molar-refractivity contribution is 5.86. The van der Waals surface area contributed by atoms with Gasteiger partial charge in [-0.15, -0.1) is 0 Å². The highest BCUT2D eigenvalue weighted by atomic mass is 16.1. The first-order chi connectivity index (χ1) is 6.24. The van der Waals surface area contributed by atoms with Crippen LogP contribution in [0.5, 0.6) is 0 Å². The van der Waals surface area contributed by atoms with Crippen molar-refractivity contribution in [1.82, 2.24) is 10.6 Å². The van der Waals surface area contributed by atoms with Crippen LogP contribution in [0.1, 0.15) is 12.8 Å². The quantitative estimate of drug-likeness (QED) is 0.613. The zero-order valence-corrected chi connectivity index (χ0v) is 7.81. The van der Waals surface area contributed by atoms with Gasteiger partial charge in [-0.05, 0) is 30.3 Å². The molecule has 0 aromatic rings. The summed E-state index contributed by atoms with van der Waals surface area (Å²) in [5.74, 6) is 0.652. The average Bonchev–Trinajstić information content (AvgIpc) is 1.98. The van der Waals surface area contributed by atoms with Crippen LogP contribution in [-0.4, -0.2) is 25.5 Å². The molecular formula is C10H16N2O. The highest BCUT2D eigenvalue weighted by Crippen LogP contribution is 2.47. The van der Waals surface area contributed by atoms with E-state index in [2.05, 4.69) is 17.2 Å². The second-order valence-corrected chi connectivity index (χ2v) is 4.33. The summed E-state index contributed by atoms with van der Waals surface area (Å²) in [6, 6.07) is 0. The zero-order valence-electron chi connectivity index (χ0n) is 7.81. The molecule has 2 rings (SSSR count). The van der Waals surface area contributed by atoms with Crippen molar-refractivity contribution in [2.75, 3.05) is 19.6 Å². The van der Waals surface area contributed by atoms with Crippen LogP contribution in [0.15, 0.2) is 12.7 Å². The molecule has 2 fully saturated rings. The van der Waals surface area contributed by atoms with Crippen LogP contribution in [0.4, 0.5) is 0 Å². The van der Waals surface area contributed by atoms with Crippen LogP contribution >= 0.6 is 0 Å². The van der Waals surface area contributed by atoms with E-state index >= 15 is 0 Å². The Morgan fingerprint density at radius 2 is 2.31 bits per heavy atom. The maximum absolute atomic E-state index is 10.9. The monoisotopic (exact) mass is 180 g/mol. The average molecular weight is 180 g/mol. The van der Waals surface area contributed by atoms with E-state index < -0.39 is 0 Å². The van der Waals surface area contributed by atoms with Gasteiger partial charge in [0.2, 0.25) is 5.91 Å². The number of nitrogens with one attached hydrogen (secondary N) is 2. The first-order valence-electron chi connectivity index (χ1n) is 4.85. The van der Waals surface area contributed by atoms with Crippen molar-refractivity contribution in [1.29, 1.82) is 0 Å². The first kappa shape index (κ1) is 8.75. The highest BCUT2D eigenvalue weighted by Gasteiger charge is 2.47. The van der Waals surface area contributed by atoms with Gasteiger partial charge >= 0.3 is 0 Å². The van der Waals surface area contributed by atoms with Gasteiger partial charge in [0.1, 0.15) is 0 Å². The van der Waals surface area contributed by atoms with E-state index in [1.54, 1.807) is 0 Å². The van der Waals surface area contributed by atoms with Gasteiger partial charge in [-0.3, -0.25) is 4.79 Å². The lowest BCUT2D eigenvalue weighted by atomic mass is 9.58. The number of carbonyl (C=O) groups excluding carboxylic acids is 1. The predicted octanol–water partition coefficient (Wildman–Crippen LogP) is 0.288. The maximum Gasteiger partial charge on any atom is 0.243 e. The van der Waals surface area contributed by atoms with Crippen molar-refractivity contribution in [3.05, 3.63) is 12.7 Å². The van der Waals surface area contributed by atoms with Crippen molar-refractivity contribution in [3.8, 4) is 0 Å². The molecule has 3 heteroatoms. The Morgan fingerprint density at radius 3 is 2.77 bits per heavy atom. The Labute approximate surface area is 78.6 Å². The zero-order chi connectivity index (χ0) is 9.31. The molecule has 0 radical (unpaired) electrons. The lowest BCUT2D eigenvalue weighted by Gasteiger charge is -2.54. The molecule has 3 nitrogen and oxygen atoms in total. The molecule has 0 bridgehead atoms. The van der Waals surface area contributed by atoms with Gasteiger partial charge in [0.25, 0.3) is 0 Å². The molecule has 1 amide bonds. The molecule has 0 unspecified atom stereocenters. The second-order valence-electron chi connectivity index (χ2n) is 4.33. The van der Waals surface area contributed by atoms with E-state index in [1.807, 2.05) is 0 Å². The minimum atomic E-state index is -0.0484. The van der Waals surface area contributed by atoms with Crippen molar-refractivity contribution < 1.29 is 4.79 Å². The minimum absolute atomic E-state index is 0.0484. The molecule has 0 aromatic heterocycles. The Kier molecular flexibility index (Phi) is 2.12. The summed E-state index contributed by atoms with van der Waals surface area (Å²) in [7, 11) is 0. The van der Waals surface area contributed by atoms with Crippen LogP contribution in [0, 0.1) is 11.3 Å². The molecular weight excluding hydrogens is 164 g/mol. The number of rotatable bonds is 3. The molecule has 1 aliphatic carbocycles. The smallest absolute Gasteiger partial charge is 0.243 e. The van der Waals surface area contributed by atoms with E-state index in [1.165, 1.54) is 32.0 Å². The molecule has 2 N–H and O–H groups in total. The van der Waals surface area contributed by atoms with E-state index in [9.17, 15) is 4.79 Å². The lowest BCUT2D eigenvalue weighted by molar-refractivity contribution is -0.117. The third-order valence-electron chi connectivity index (χ3n) is 3.19. The van der Waals surface area contributed by atoms with Crippen LogP contribution in [0.2, 0.25) is 0 Å². The Hall–Kier alpha value is -0.830. The summed E-state index contributed by atoms with van der Waals surface area (Å²) in [4.78, 5) is 10.9. The van der Waals surface area contributed by atoms with Crippen molar-refractivity contribution in [3.63, 3.8) is 0 Å². The van der Waals surface area contributed by atoms with Gasteiger partial charge in [0.15, 0.2) is 0 Å². The third-order valence-corrected chi connectivity index (χ3v) is 3.19. The molecule has 72 valence electrons. The molecule has 1 aliphatic heterocycles. The third kappa shape index (κ3) is 1.61. The standard InChI is InChI=1S/C10H16N2O/c1-2-9(13)12-5-8-3-10(4-8)6-11-7-10/h2,8,11H,1,3-7H2,(H,12,13). The Balaban J connectivity index is 1.64. The number of hydrogen-bond acceptors (Lipinski definition) is 2. The molecule has 13 heavy (non-hydrogen) atoms. The molecule has 1 saturated carbocycles. The lowest BCUT2D eigenvalue weighted by Crippen LogP contribution is -2.61. The van der Waals surface area contributed by atoms with Gasteiger partial charge in [-0.2, -0.15) is 0 Å². The fraction of sp³-hybridized carbons (Fsp3) is 0.700. The summed E-state index contributed by atoms with van der Waals surface area (Å²) in [5.41, 5.74) is 0.615.